The molecular weight excluding hydrogens is 326 g/mol. The summed E-state index contributed by atoms with van der Waals surface area (Å²) in [6.45, 7) is 5.15. The van der Waals surface area contributed by atoms with Gasteiger partial charge in [-0.1, -0.05) is 24.9 Å². The number of anilines is 1. The minimum Gasteiger partial charge on any atom is -0.490 e. The van der Waals surface area contributed by atoms with Gasteiger partial charge in [-0.25, -0.2) is 0 Å². The quantitative estimate of drug-likeness (QED) is 0.670. The maximum Gasteiger partial charge on any atom is 0.255 e. The van der Waals surface area contributed by atoms with E-state index in [1.807, 2.05) is 6.92 Å². The Labute approximate surface area is 147 Å². The van der Waals surface area contributed by atoms with Gasteiger partial charge in [0.1, 0.15) is 0 Å². The van der Waals surface area contributed by atoms with Gasteiger partial charge in [0.15, 0.2) is 11.5 Å². The van der Waals surface area contributed by atoms with E-state index >= 15 is 0 Å². The predicted molar refractivity (Wildman–Crippen MR) is 97.4 cm³/mol. The van der Waals surface area contributed by atoms with Gasteiger partial charge >= 0.3 is 0 Å². The molecule has 0 aliphatic heterocycles. The van der Waals surface area contributed by atoms with Crippen LogP contribution in [0.15, 0.2) is 42.5 Å². The van der Waals surface area contributed by atoms with Gasteiger partial charge in [-0.15, -0.1) is 0 Å². The monoisotopic (exact) mass is 347 g/mol. The number of benzene rings is 2. The lowest BCUT2D eigenvalue weighted by molar-refractivity contribution is 0.102. The molecule has 0 saturated heterocycles. The highest BCUT2D eigenvalue weighted by Gasteiger charge is 2.12. The van der Waals surface area contributed by atoms with Crippen molar-refractivity contribution in [2.24, 2.45) is 0 Å². The Hall–Kier alpha value is -2.20. The van der Waals surface area contributed by atoms with Crippen molar-refractivity contribution >= 4 is 23.2 Å². The standard InChI is InChI=1S/C19H22ClNO3/c1-3-5-12-24-17-11-6-14(13-18(17)23-4-2)19(22)21-16-9-7-15(20)8-10-16/h6-11,13H,3-5,12H2,1-2H3,(H,21,22). The molecule has 2 rings (SSSR count). The van der Waals surface area contributed by atoms with E-state index in [1.165, 1.54) is 0 Å². The lowest BCUT2D eigenvalue weighted by atomic mass is 10.1. The Bertz CT molecular complexity index is 671. The topological polar surface area (TPSA) is 47.6 Å². The van der Waals surface area contributed by atoms with Crippen molar-refractivity contribution in [2.45, 2.75) is 26.7 Å². The molecule has 2 aromatic carbocycles. The molecular formula is C19H22ClNO3. The minimum atomic E-state index is -0.210. The fraction of sp³-hybridized carbons (Fsp3) is 0.316. The van der Waals surface area contributed by atoms with Crippen LogP contribution in [0.1, 0.15) is 37.0 Å². The average molecular weight is 348 g/mol. The molecule has 0 radical (unpaired) electrons. The molecule has 0 spiro atoms. The molecule has 0 unspecified atom stereocenters. The molecule has 4 nitrogen and oxygen atoms in total. The molecule has 128 valence electrons. The first-order valence-corrected chi connectivity index (χ1v) is 8.48. The molecule has 0 aliphatic rings. The molecule has 1 amide bonds. The van der Waals surface area contributed by atoms with Crippen LogP contribution in [-0.4, -0.2) is 19.1 Å². The van der Waals surface area contributed by atoms with Crippen LogP contribution in [0.2, 0.25) is 5.02 Å². The molecule has 0 aliphatic carbocycles. The molecule has 24 heavy (non-hydrogen) atoms. The van der Waals surface area contributed by atoms with E-state index in [-0.39, 0.29) is 5.91 Å². The van der Waals surface area contributed by atoms with Gasteiger partial charge < -0.3 is 14.8 Å². The van der Waals surface area contributed by atoms with Crippen LogP contribution in [-0.2, 0) is 0 Å². The Morgan fingerprint density at radius 2 is 1.79 bits per heavy atom. The van der Waals surface area contributed by atoms with Crippen molar-refractivity contribution in [1.82, 2.24) is 0 Å². The third-order valence-corrected chi connectivity index (χ3v) is 3.62. The van der Waals surface area contributed by atoms with Crippen molar-refractivity contribution in [1.29, 1.82) is 0 Å². The molecule has 0 saturated carbocycles. The number of unbranched alkanes of at least 4 members (excludes halogenated alkanes) is 1. The summed E-state index contributed by atoms with van der Waals surface area (Å²) in [7, 11) is 0. The zero-order valence-electron chi connectivity index (χ0n) is 14.0. The van der Waals surface area contributed by atoms with E-state index in [9.17, 15) is 4.79 Å². The van der Waals surface area contributed by atoms with Crippen LogP contribution in [0, 0.1) is 0 Å². The third-order valence-electron chi connectivity index (χ3n) is 3.36. The second-order valence-electron chi connectivity index (χ2n) is 5.26. The van der Waals surface area contributed by atoms with Gasteiger partial charge in [0.05, 0.1) is 13.2 Å². The van der Waals surface area contributed by atoms with Crippen LogP contribution in [0.25, 0.3) is 0 Å². The number of nitrogens with one attached hydrogen (secondary N) is 1. The largest absolute Gasteiger partial charge is 0.490 e. The van der Waals surface area contributed by atoms with Gasteiger partial charge in [0.25, 0.3) is 5.91 Å². The Kier molecular flexibility index (Phi) is 6.94. The number of ether oxygens (including phenoxy) is 2. The summed E-state index contributed by atoms with van der Waals surface area (Å²) >= 11 is 5.85. The average Bonchev–Trinajstić information content (AvgIpc) is 2.58. The van der Waals surface area contributed by atoms with Gasteiger partial charge in [-0.3, -0.25) is 4.79 Å². The normalized spacial score (nSPS) is 10.3. The van der Waals surface area contributed by atoms with Crippen LogP contribution < -0.4 is 14.8 Å². The number of hydrogen-bond donors (Lipinski definition) is 1. The number of carbonyl (C=O) groups is 1. The van der Waals surface area contributed by atoms with Gasteiger partial charge in [0.2, 0.25) is 0 Å². The van der Waals surface area contributed by atoms with E-state index in [1.54, 1.807) is 42.5 Å². The summed E-state index contributed by atoms with van der Waals surface area (Å²) in [6.07, 6.45) is 2.04. The van der Waals surface area contributed by atoms with E-state index in [0.29, 0.717) is 41.0 Å². The van der Waals surface area contributed by atoms with E-state index in [0.717, 1.165) is 12.8 Å². The van der Waals surface area contributed by atoms with Crippen LogP contribution in [0.5, 0.6) is 11.5 Å². The highest BCUT2D eigenvalue weighted by Crippen LogP contribution is 2.29. The second-order valence-corrected chi connectivity index (χ2v) is 5.69. The van der Waals surface area contributed by atoms with Crippen LogP contribution in [0.4, 0.5) is 5.69 Å². The molecule has 1 N–H and O–H groups in total. The van der Waals surface area contributed by atoms with Crippen LogP contribution in [0.3, 0.4) is 0 Å². The second kappa shape index (κ2) is 9.18. The number of rotatable bonds is 8. The van der Waals surface area contributed by atoms with E-state index in [4.69, 9.17) is 21.1 Å². The zero-order valence-corrected chi connectivity index (χ0v) is 14.7. The lowest BCUT2D eigenvalue weighted by Gasteiger charge is -2.13. The summed E-state index contributed by atoms with van der Waals surface area (Å²) in [5.41, 5.74) is 1.20. The first-order valence-electron chi connectivity index (χ1n) is 8.10. The first-order chi connectivity index (χ1) is 11.6. The summed E-state index contributed by atoms with van der Waals surface area (Å²) in [6, 6.07) is 12.2. The zero-order chi connectivity index (χ0) is 17.4. The third kappa shape index (κ3) is 5.17. The Morgan fingerprint density at radius 1 is 1.04 bits per heavy atom. The molecule has 5 heteroatoms. The highest BCUT2D eigenvalue weighted by molar-refractivity contribution is 6.30. The molecule has 0 fully saturated rings. The van der Waals surface area contributed by atoms with Crippen molar-refractivity contribution in [3.63, 3.8) is 0 Å². The smallest absolute Gasteiger partial charge is 0.255 e. The lowest BCUT2D eigenvalue weighted by Crippen LogP contribution is -2.12. The first kappa shape index (κ1) is 18.1. The predicted octanol–water partition coefficient (Wildman–Crippen LogP) is 5.17. The van der Waals surface area contributed by atoms with Crippen molar-refractivity contribution < 1.29 is 14.3 Å². The Morgan fingerprint density at radius 3 is 2.46 bits per heavy atom. The summed E-state index contributed by atoms with van der Waals surface area (Å²) < 4.78 is 11.3. The van der Waals surface area contributed by atoms with Gasteiger partial charge in [-0.05, 0) is 55.8 Å². The number of amides is 1. The fourth-order valence-corrected chi connectivity index (χ4v) is 2.23. The van der Waals surface area contributed by atoms with E-state index in [2.05, 4.69) is 12.2 Å². The summed E-state index contributed by atoms with van der Waals surface area (Å²) in [5, 5.41) is 3.46. The molecule has 0 heterocycles. The van der Waals surface area contributed by atoms with Crippen molar-refractivity contribution in [2.75, 3.05) is 18.5 Å². The number of halogens is 1. The number of carbonyl (C=O) groups excluding carboxylic acids is 1. The highest BCUT2D eigenvalue weighted by atomic mass is 35.5. The van der Waals surface area contributed by atoms with Gasteiger partial charge in [0, 0.05) is 16.3 Å². The van der Waals surface area contributed by atoms with E-state index < -0.39 is 0 Å². The van der Waals surface area contributed by atoms with Gasteiger partial charge in [-0.2, -0.15) is 0 Å². The SMILES string of the molecule is CCCCOc1ccc(C(=O)Nc2ccc(Cl)cc2)cc1OCC. The molecule has 2 aromatic rings. The minimum absolute atomic E-state index is 0.210. The molecule has 0 atom stereocenters. The van der Waals surface area contributed by atoms with Crippen molar-refractivity contribution in [3.05, 3.63) is 53.1 Å². The van der Waals surface area contributed by atoms with Crippen molar-refractivity contribution in [3.8, 4) is 11.5 Å². The number of hydrogen-bond acceptors (Lipinski definition) is 3. The molecule has 0 aromatic heterocycles. The maximum absolute atomic E-state index is 12.4. The summed E-state index contributed by atoms with van der Waals surface area (Å²) in [4.78, 5) is 12.4. The van der Waals surface area contributed by atoms with Crippen LogP contribution >= 0.6 is 11.6 Å². The Balaban J connectivity index is 2.12. The fourth-order valence-electron chi connectivity index (χ4n) is 2.10. The molecule has 0 bridgehead atoms. The maximum atomic E-state index is 12.4. The summed E-state index contributed by atoms with van der Waals surface area (Å²) in [5.74, 6) is 1.03.